The fourth-order valence-electron chi connectivity index (χ4n) is 3.14. The summed E-state index contributed by atoms with van der Waals surface area (Å²) in [5.41, 5.74) is 2.74. The third kappa shape index (κ3) is 4.70. The van der Waals surface area contributed by atoms with Gasteiger partial charge in [0.1, 0.15) is 0 Å². The lowest BCUT2D eigenvalue weighted by Crippen LogP contribution is -2.22. The fraction of sp³-hybridized carbons (Fsp3) is 0.350. The molecule has 3 rings (SSSR count). The molecule has 2 aromatic rings. The quantitative estimate of drug-likeness (QED) is 0.767. The van der Waals surface area contributed by atoms with Gasteiger partial charge in [-0.1, -0.05) is 29.3 Å². The molecule has 1 heterocycles. The van der Waals surface area contributed by atoms with E-state index in [0.717, 1.165) is 36.4 Å². The van der Waals surface area contributed by atoms with Crippen molar-refractivity contribution in [1.29, 1.82) is 0 Å². The number of carbonyl (C=O) groups is 1. The van der Waals surface area contributed by atoms with Gasteiger partial charge in [0.25, 0.3) is 0 Å². The molecule has 1 fully saturated rings. The van der Waals surface area contributed by atoms with E-state index >= 15 is 0 Å². The molecule has 6 heteroatoms. The maximum Gasteiger partial charge on any atom is 0.224 e. The first-order valence-corrected chi connectivity index (χ1v) is 9.43. The minimum absolute atomic E-state index is 0.0608. The topological polar surface area (TPSA) is 41.6 Å². The number of benzene rings is 2. The molecule has 26 heavy (non-hydrogen) atoms. The van der Waals surface area contributed by atoms with Gasteiger partial charge in [0.2, 0.25) is 5.91 Å². The van der Waals surface area contributed by atoms with Crippen LogP contribution in [-0.2, 0) is 16.0 Å². The van der Waals surface area contributed by atoms with Gasteiger partial charge in [-0.15, -0.1) is 0 Å². The highest BCUT2D eigenvalue weighted by Crippen LogP contribution is 2.26. The predicted octanol–water partition coefficient (Wildman–Crippen LogP) is 4.79. The Hall–Kier alpha value is -1.75. The number of amides is 1. The smallest absolute Gasteiger partial charge is 0.224 e. The Morgan fingerprint density at radius 2 is 1.88 bits per heavy atom. The molecule has 1 saturated heterocycles. The average molecular weight is 393 g/mol. The van der Waals surface area contributed by atoms with Crippen LogP contribution in [0.5, 0.6) is 0 Å². The number of anilines is 2. The van der Waals surface area contributed by atoms with Crippen LogP contribution in [-0.4, -0.2) is 32.2 Å². The Kier molecular flexibility index (Phi) is 6.41. The normalized spacial score (nSPS) is 16.7. The molecule has 1 aliphatic rings. The Morgan fingerprint density at radius 3 is 2.50 bits per heavy atom. The first-order valence-electron chi connectivity index (χ1n) is 8.67. The van der Waals surface area contributed by atoms with Crippen molar-refractivity contribution in [3.05, 3.63) is 58.1 Å². The highest BCUT2D eigenvalue weighted by molar-refractivity contribution is 6.36. The van der Waals surface area contributed by atoms with Crippen molar-refractivity contribution in [2.24, 2.45) is 0 Å². The number of hydrogen-bond acceptors (Lipinski definition) is 3. The fourth-order valence-corrected chi connectivity index (χ4v) is 3.73. The van der Waals surface area contributed by atoms with Gasteiger partial charge in [-0.2, -0.15) is 0 Å². The van der Waals surface area contributed by atoms with Crippen LogP contribution >= 0.6 is 23.2 Å². The predicted molar refractivity (Wildman–Crippen MR) is 107 cm³/mol. The second-order valence-electron chi connectivity index (χ2n) is 6.39. The zero-order chi connectivity index (χ0) is 18.5. The van der Waals surface area contributed by atoms with Crippen LogP contribution in [0.3, 0.4) is 0 Å². The summed E-state index contributed by atoms with van der Waals surface area (Å²) in [6, 6.07) is 13.3. The zero-order valence-corrected chi connectivity index (χ0v) is 16.2. The lowest BCUT2D eigenvalue weighted by atomic mass is 10.1. The summed E-state index contributed by atoms with van der Waals surface area (Å²) < 4.78 is 5.40. The molecule has 1 atom stereocenters. The van der Waals surface area contributed by atoms with E-state index < -0.39 is 0 Å². The summed E-state index contributed by atoms with van der Waals surface area (Å²) in [6.07, 6.45) is 2.17. The van der Waals surface area contributed by atoms with Crippen molar-refractivity contribution in [3.63, 3.8) is 0 Å². The Labute approximate surface area is 164 Å². The van der Waals surface area contributed by atoms with Gasteiger partial charge in [-0.25, -0.2) is 0 Å². The molecular formula is C20H22Cl2N2O2. The van der Waals surface area contributed by atoms with Crippen molar-refractivity contribution in [2.45, 2.75) is 25.4 Å². The van der Waals surface area contributed by atoms with Crippen LogP contribution in [0.2, 0.25) is 10.0 Å². The van der Waals surface area contributed by atoms with Gasteiger partial charge in [-0.05, 0) is 54.8 Å². The van der Waals surface area contributed by atoms with Gasteiger partial charge in [0, 0.05) is 48.0 Å². The largest absolute Gasteiger partial charge is 0.380 e. The molecule has 2 aromatic carbocycles. The van der Waals surface area contributed by atoms with Gasteiger partial charge in [0.05, 0.1) is 6.10 Å². The molecule has 0 bridgehead atoms. The van der Waals surface area contributed by atoms with Crippen LogP contribution in [0, 0.1) is 0 Å². The first-order chi connectivity index (χ1) is 12.6. The number of carbonyl (C=O) groups excluding carboxylic acids is 1. The lowest BCUT2D eigenvalue weighted by molar-refractivity contribution is -0.116. The number of rotatable bonds is 6. The zero-order valence-electron chi connectivity index (χ0n) is 14.7. The van der Waals surface area contributed by atoms with Gasteiger partial charge >= 0.3 is 0 Å². The second-order valence-corrected chi connectivity index (χ2v) is 7.20. The van der Waals surface area contributed by atoms with Crippen molar-refractivity contribution < 1.29 is 9.53 Å². The highest BCUT2D eigenvalue weighted by atomic mass is 35.5. The van der Waals surface area contributed by atoms with Gasteiger partial charge in [-0.3, -0.25) is 4.79 Å². The number of ether oxygens (including phenoxy) is 1. The van der Waals surface area contributed by atoms with Crippen LogP contribution in [0.25, 0.3) is 0 Å². The Balaban J connectivity index is 1.53. The first kappa shape index (κ1) is 19.0. The molecule has 0 saturated carbocycles. The minimum Gasteiger partial charge on any atom is -0.380 e. The molecule has 0 aliphatic carbocycles. The van der Waals surface area contributed by atoms with Crippen LogP contribution in [0.15, 0.2) is 42.5 Å². The van der Waals surface area contributed by atoms with Crippen LogP contribution in [0.1, 0.15) is 18.4 Å². The molecule has 138 valence electrons. The summed E-state index contributed by atoms with van der Waals surface area (Å²) in [5.74, 6) is -0.0608. The summed E-state index contributed by atoms with van der Waals surface area (Å²) in [7, 11) is 1.75. The van der Waals surface area contributed by atoms with Crippen molar-refractivity contribution in [2.75, 3.05) is 30.4 Å². The van der Waals surface area contributed by atoms with E-state index in [1.54, 1.807) is 25.3 Å². The Morgan fingerprint density at radius 1 is 1.19 bits per heavy atom. The molecule has 0 radical (unpaired) electrons. The maximum atomic E-state index is 12.2. The lowest BCUT2D eigenvalue weighted by Gasteiger charge is -2.18. The summed E-state index contributed by atoms with van der Waals surface area (Å²) in [5, 5.41) is 4.11. The second kappa shape index (κ2) is 8.76. The minimum atomic E-state index is -0.0608. The molecule has 1 aliphatic heterocycles. The molecule has 1 N–H and O–H groups in total. The van der Waals surface area contributed by atoms with Gasteiger partial charge < -0.3 is 15.0 Å². The molecule has 0 spiro atoms. The third-order valence-corrected chi connectivity index (χ3v) is 5.37. The number of halogens is 2. The van der Waals surface area contributed by atoms with Gasteiger partial charge in [0.15, 0.2) is 0 Å². The van der Waals surface area contributed by atoms with E-state index in [1.807, 2.05) is 24.3 Å². The SMILES string of the molecule is COC1CCN(c2ccc(NC(=O)CCc3c(Cl)cccc3Cl)cc2)C1. The van der Waals surface area contributed by atoms with E-state index in [-0.39, 0.29) is 5.91 Å². The third-order valence-electron chi connectivity index (χ3n) is 4.66. The number of nitrogens with one attached hydrogen (secondary N) is 1. The summed E-state index contributed by atoms with van der Waals surface area (Å²) in [6.45, 7) is 1.89. The number of hydrogen-bond donors (Lipinski definition) is 1. The van der Waals surface area contributed by atoms with Crippen molar-refractivity contribution >= 4 is 40.5 Å². The van der Waals surface area contributed by atoms with E-state index in [1.165, 1.54) is 0 Å². The molecule has 4 nitrogen and oxygen atoms in total. The number of nitrogens with zero attached hydrogens (tertiary/aromatic N) is 1. The van der Waals surface area contributed by atoms with Crippen LogP contribution in [0.4, 0.5) is 11.4 Å². The summed E-state index contributed by atoms with van der Waals surface area (Å²) >= 11 is 12.3. The molecule has 1 unspecified atom stereocenters. The van der Waals surface area contributed by atoms with Crippen molar-refractivity contribution in [3.8, 4) is 0 Å². The molecule has 1 amide bonds. The maximum absolute atomic E-state index is 12.2. The van der Waals surface area contributed by atoms with E-state index in [2.05, 4.69) is 10.2 Å². The summed E-state index contributed by atoms with van der Waals surface area (Å²) in [4.78, 5) is 14.5. The average Bonchev–Trinajstić information content (AvgIpc) is 3.11. The van der Waals surface area contributed by atoms with Crippen LogP contribution < -0.4 is 10.2 Å². The molecule has 0 aromatic heterocycles. The van der Waals surface area contributed by atoms with Crippen molar-refractivity contribution in [1.82, 2.24) is 0 Å². The van der Waals surface area contributed by atoms with E-state index in [9.17, 15) is 4.79 Å². The standard InChI is InChI=1S/C20H22Cl2N2O2/c1-26-16-11-12-24(13-16)15-7-5-14(6-8-15)23-20(25)10-9-17-18(21)3-2-4-19(17)22/h2-8,16H,9-13H2,1H3,(H,23,25). The molecular weight excluding hydrogens is 371 g/mol. The Bertz CT molecular complexity index is 745. The van der Waals surface area contributed by atoms with E-state index in [0.29, 0.717) is 29.0 Å². The van der Waals surface area contributed by atoms with E-state index in [4.69, 9.17) is 27.9 Å². The highest BCUT2D eigenvalue weighted by Gasteiger charge is 2.22. The monoisotopic (exact) mass is 392 g/mol. The number of methoxy groups -OCH3 is 1.